The SMILES string of the molecule is CCOC(=O)CC(B1OC(C)(C)C(C)(C)O1)c1ccc(OC)nc1. The molecule has 0 amide bonds. The predicted octanol–water partition coefficient (Wildman–Crippen LogP) is 2.76. The molecule has 2 rings (SSSR count). The van der Waals surface area contributed by atoms with Gasteiger partial charge in [0, 0.05) is 18.1 Å². The molecular formula is C17H26BNO5. The fraction of sp³-hybridized carbons (Fsp3) is 0.647. The summed E-state index contributed by atoms with van der Waals surface area (Å²) < 4.78 is 22.5. The first-order valence-corrected chi connectivity index (χ1v) is 8.21. The van der Waals surface area contributed by atoms with Crippen molar-refractivity contribution in [3.05, 3.63) is 23.9 Å². The third-order valence-corrected chi connectivity index (χ3v) is 4.69. The molecular weight excluding hydrogens is 309 g/mol. The van der Waals surface area contributed by atoms with E-state index in [1.807, 2.05) is 33.8 Å². The molecule has 1 atom stereocenters. The highest BCUT2D eigenvalue weighted by Crippen LogP contribution is 2.41. The Morgan fingerprint density at radius 1 is 1.25 bits per heavy atom. The van der Waals surface area contributed by atoms with E-state index in [0.29, 0.717) is 12.5 Å². The van der Waals surface area contributed by atoms with Crippen molar-refractivity contribution in [1.82, 2.24) is 4.98 Å². The Kier molecular flexibility index (Phi) is 5.55. The number of rotatable bonds is 6. The minimum atomic E-state index is -0.547. The zero-order chi connectivity index (χ0) is 18.0. The molecule has 24 heavy (non-hydrogen) atoms. The van der Waals surface area contributed by atoms with E-state index in [0.717, 1.165) is 5.56 Å². The number of pyridine rings is 1. The van der Waals surface area contributed by atoms with Gasteiger partial charge in [-0.3, -0.25) is 4.79 Å². The Hall–Kier alpha value is -1.60. The van der Waals surface area contributed by atoms with Crippen LogP contribution in [0.5, 0.6) is 5.88 Å². The van der Waals surface area contributed by atoms with E-state index in [-0.39, 0.29) is 18.2 Å². The Labute approximate surface area is 144 Å². The van der Waals surface area contributed by atoms with E-state index in [2.05, 4.69) is 4.98 Å². The third kappa shape index (κ3) is 3.90. The van der Waals surface area contributed by atoms with Crippen LogP contribution in [0.25, 0.3) is 0 Å². The van der Waals surface area contributed by atoms with E-state index in [4.69, 9.17) is 18.8 Å². The molecule has 1 aromatic rings. The molecule has 0 aliphatic carbocycles. The molecule has 1 aliphatic heterocycles. The molecule has 132 valence electrons. The number of esters is 1. The summed E-state index contributed by atoms with van der Waals surface area (Å²) in [7, 11) is 1.02. The zero-order valence-corrected chi connectivity index (χ0v) is 15.3. The lowest BCUT2D eigenvalue weighted by atomic mass is 9.66. The molecule has 1 fully saturated rings. The second-order valence-electron chi connectivity index (χ2n) is 6.87. The highest BCUT2D eigenvalue weighted by Gasteiger charge is 2.54. The van der Waals surface area contributed by atoms with E-state index in [9.17, 15) is 4.79 Å². The minimum Gasteiger partial charge on any atom is -0.481 e. The van der Waals surface area contributed by atoms with Crippen LogP contribution in [0.3, 0.4) is 0 Å². The van der Waals surface area contributed by atoms with Gasteiger partial charge in [-0.05, 0) is 40.2 Å². The van der Waals surface area contributed by atoms with Crippen molar-refractivity contribution in [3.63, 3.8) is 0 Å². The molecule has 0 spiro atoms. The summed E-state index contributed by atoms with van der Waals surface area (Å²) in [5.41, 5.74) is -0.0862. The first-order chi connectivity index (χ1) is 11.2. The summed E-state index contributed by atoms with van der Waals surface area (Å²) in [6, 6.07) is 3.64. The van der Waals surface area contributed by atoms with Gasteiger partial charge < -0.3 is 18.8 Å². The first kappa shape index (κ1) is 18.7. The molecule has 1 aliphatic rings. The van der Waals surface area contributed by atoms with Crippen molar-refractivity contribution in [3.8, 4) is 5.88 Å². The van der Waals surface area contributed by atoms with Gasteiger partial charge in [-0.25, -0.2) is 4.98 Å². The topological polar surface area (TPSA) is 66.9 Å². The Bertz CT molecular complexity index is 557. The van der Waals surface area contributed by atoms with Crippen molar-refractivity contribution in [2.45, 2.75) is 58.1 Å². The van der Waals surface area contributed by atoms with E-state index in [1.54, 1.807) is 26.3 Å². The number of carbonyl (C=O) groups excluding carboxylic acids is 1. The lowest BCUT2D eigenvalue weighted by Gasteiger charge is -2.32. The molecule has 6 nitrogen and oxygen atoms in total. The molecule has 0 N–H and O–H groups in total. The van der Waals surface area contributed by atoms with E-state index < -0.39 is 18.3 Å². The molecule has 0 bridgehead atoms. The van der Waals surface area contributed by atoms with Crippen LogP contribution in [0.15, 0.2) is 18.3 Å². The summed E-state index contributed by atoms with van der Waals surface area (Å²) in [5, 5.41) is 0. The van der Waals surface area contributed by atoms with Crippen LogP contribution in [0.1, 0.15) is 52.4 Å². The fourth-order valence-corrected chi connectivity index (χ4v) is 2.56. The van der Waals surface area contributed by atoms with Crippen molar-refractivity contribution in [2.75, 3.05) is 13.7 Å². The van der Waals surface area contributed by atoms with Gasteiger partial charge in [0.2, 0.25) is 5.88 Å². The van der Waals surface area contributed by atoms with Crippen LogP contribution in [0, 0.1) is 0 Å². The molecule has 0 saturated carbocycles. The van der Waals surface area contributed by atoms with Crippen LogP contribution in [-0.4, -0.2) is 43.0 Å². The molecule has 7 heteroatoms. The monoisotopic (exact) mass is 335 g/mol. The molecule has 1 saturated heterocycles. The highest BCUT2D eigenvalue weighted by atomic mass is 16.7. The number of aromatic nitrogens is 1. The Balaban J connectivity index is 2.27. The Morgan fingerprint density at radius 2 is 1.88 bits per heavy atom. The van der Waals surface area contributed by atoms with Gasteiger partial charge in [-0.1, -0.05) is 6.07 Å². The first-order valence-electron chi connectivity index (χ1n) is 8.21. The van der Waals surface area contributed by atoms with Gasteiger partial charge in [-0.15, -0.1) is 0 Å². The van der Waals surface area contributed by atoms with Crippen molar-refractivity contribution in [1.29, 1.82) is 0 Å². The number of hydrogen-bond acceptors (Lipinski definition) is 6. The molecule has 0 aromatic carbocycles. The van der Waals surface area contributed by atoms with Gasteiger partial charge in [0.1, 0.15) is 0 Å². The average molecular weight is 335 g/mol. The van der Waals surface area contributed by atoms with Crippen LogP contribution >= 0.6 is 0 Å². The number of nitrogens with zero attached hydrogens (tertiary/aromatic N) is 1. The molecule has 0 radical (unpaired) electrons. The molecule has 1 aromatic heterocycles. The van der Waals surface area contributed by atoms with Crippen molar-refractivity contribution < 1.29 is 23.6 Å². The standard InChI is InChI=1S/C17H26BNO5/c1-7-22-15(20)10-13(12-8-9-14(21-6)19-11-12)18-23-16(2,3)17(4,5)24-18/h8-9,11,13H,7,10H2,1-6H3. The van der Waals surface area contributed by atoms with Crippen molar-refractivity contribution >= 4 is 13.1 Å². The normalized spacial score (nSPS) is 19.8. The van der Waals surface area contributed by atoms with Crippen molar-refractivity contribution in [2.24, 2.45) is 0 Å². The van der Waals surface area contributed by atoms with Crippen LogP contribution < -0.4 is 4.74 Å². The summed E-state index contributed by atoms with van der Waals surface area (Å²) in [6.45, 7) is 10.1. The minimum absolute atomic E-state index is 0.165. The number of hydrogen-bond donors (Lipinski definition) is 0. The van der Waals surface area contributed by atoms with Gasteiger partial charge in [0.15, 0.2) is 0 Å². The summed E-state index contributed by atoms with van der Waals surface area (Å²) >= 11 is 0. The molecule has 1 unspecified atom stereocenters. The van der Waals surface area contributed by atoms with Gasteiger partial charge in [0.05, 0.1) is 31.3 Å². The quantitative estimate of drug-likeness (QED) is 0.588. The van der Waals surface area contributed by atoms with E-state index >= 15 is 0 Å². The van der Waals surface area contributed by atoms with Crippen LogP contribution in [0.4, 0.5) is 0 Å². The maximum absolute atomic E-state index is 12.1. The maximum Gasteiger partial charge on any atom is 0.466 e. The number of carbonyl (C=O) groups is 1. The second kappa shape index (κ2) is 7.11. The lowest BCUT2D eigenvalue weighted by Crippen LogP contribution is -2.41. The average Bonchev–Trinajstić information content (AvgIpc) is 2.73. The van der Waals surface area contributed by atoms with Crippen LogP contribution in [-0.2, 0) is 18.8 Å². The molecule has 2 heterocycles. The summed E-state index contributed by atoms with van der Waals surface area (Å²) in [5.74, 6) is -0.0703. The third-order valence-electron chi connectivity index (χ3n) is 4.69. The summed E-state index contributed by atoms with van der Waals surface area (Å²) in [4.78, 5) is 16.3. The smallest absolute Gasteiger partial charge is 0.466 e. The highest BCUT2D eigenvalue weighted by molar-refractivity contribution is 6.48. The zero-order valence-electron chi connectivity index (χ0n) is 15.3. The fourth-order valence-electron chi connectivity index (χ4n) is 2.56. The number of ether oxygens (including phenoxy) is 2. The van der Waals surface area contributed by atoms with Gasteiger partial charge >= 0.3 is 13.1 Å². The number of methoxy groups -OCH3 is 1. The van der Waals surface area contributed by atoms with Gasteiger partial charge in [0.25, 0.3) is 0 Å². The largest absolute Gasteiger partial charge is 0.481 e. The van der Waals surface area contributed by atoms with Crippen LogP contribution in [0.2, 0.25) is 0 Å². The second-order valence-corrected chi connectivity index (χ2v) is 6.87. The van der Waals surface area contributed by atoms with Gasteiger partial charge in [-0.2, -0.15) is 0 Å². The predicted molar refractivity (Wildman–Crippen MR) is 90.9 cm³/mol. The summed E-state index contributed by atoms with van der Waals surface area (Å²) in [6.07, 6.45) is 1.85. The Morgan fingerprint density at radius 3 is 2.33 bits per heavy atom. The van der Waals surface area contributed by atoms with E-state index in [1.165, 1.54) is 0 Å². The lowest BCUT2D eigenvalue weighted by molar-refractivity contribution is -0.143. The maximum atomic E-state index is 12.1.